The Kier molecular flexibility index (Phi) is 4.57. The second-order valence-electron chi connectivity index (χ2n) is 3.94. The molecule has 0 amide bonds. The molecule has 0 aliphatic heterocycles. The highest BCUT2D eigenvalue weighted by molar-refractivity contribution is 5.80. The SMILES string of the molecule is C/C(=C/C(=O)O)COc1cc(C)c([N+](=O)[O-])cc1F. The van der Waals surface area contributed by atoms with E-state index in [1.54, 1.807) is 0 Å². The van der Waals surface area contributed by atoms with Crippen LogP contribution in [0.25, 0.3) is 0 Å². The van der Waals surface area contributed by atoms with Gasteiger partial charge in [0.05, 0.1) is 11.0 Å². The van der Waals surface area contributed by atoms with Gasteiger partial charge in [0.2, 0.25) is 0 Å². The molecule has 7 heteroatoms. The summed E-state index contributed by atoms with van der Waals surface area (Å²) < 4.78 is 18.6. The fourth-order valence-corrected chi connectivity index (χ4v) is 1.40. The third kappa shape index (κ3) is 4.06. The number of hydrogen-bond acceptors (Lipinski definition) is 4. The highest BCUT2D eigenvalue weighted by Gasteiger charge is 2.16. The molecule has 1 aromatic rings. The quantitative estimate of drug-likeness (QED) is 0.503. The van der Waals surface area contributed by atoms with E-state index in [1.165, 1.54) is 19.9 Å². The van der Waals surface area contributed by atoms with Crippen LogP contribution in [0.3, 0.4) is 0 Å². The van der Waals surface area contributed by atoms with Crippen molar-refractivity contribution >= 4 is 11.7 Å². The summed E-state index contributed by atoms with van der Waals surface area (Å²) in [5.74, 6) is -2.14. The smallest absolute Gasteiger partial charge is 0.328 e. The number of carboxylic acids is 1. The van der Waals surface area contributed by atoms with Gasteiger partial charge < -0.3 is 9.84 Å². The van der Waals surface area contributed by atoms with Gasteiger partial charge >= 0.3 is 5.97 Å². The van der Waals surface area contributed by atoms with Crippen molar-refractivity contribution in [3.63, 3.8) is 0 Å². The lowest BCUT2D eigenvalue weighted by molar-refractivity contribution is -0.385. The van der Waals surface area contributed by atoms with Crippen molar-refractivity contribution in [1.82, 2.24) is 0 Å². The molecule has 1 aromatic carbocycles. The van der Waals surface area contributed by atoms with Crippen LogP contribution in [0, 0.1) is 22.9 Å². The Labute approximate surface area is 108 Å². The van der Waals surface area contributed by atoms with Gasteiger partial charge in [-0.05, 0) is 25.5 Å². The summed E-state index contributed by atoms with van der Waals surface area (Å²) in [7, 11) is 0. The fourth-order valence-electron chi connectivity index (χ4n) is 1.40. The van der Waals surface area contributed by atoms with Crippen molar-refractivity contribution in [3.05, 3.63) is 45.3 Å². The molecular weight excluding hydrogens is 257 g/mol. The van der Waals surface area contributed by atoms with Gasteiger partial charge in [-0.25, -0.2) is 9.18 Å². The van der Waals surface area contributed by atoms with Crippen molar-refractivity contribution < 1.29 is 24.0 Å². The van der Waals surface area contributed by atoms with Crippen molar-refractivity contribution in [2.24, 2.45) is 0 Å². The molecule has 0 aliphatic rings. The predicted molar refractivity (Wildman–Crippen MR) is 64.7 cm³/mol. The normalized spacial score (nSPS) is 11.2. The summed E-state index contributed by atoms with van der Waals surface area (Å²) in [6.45, 7) is 2.87. The van der Waals surface area contributed by atoms with E-state index in [2.05, 4.69) is 0 Å². The summed E-state index contributed by atoms with van der Waals surface area (Å²) in [5.41, 5.74) is 0.326. The number of nitro groups is 1. The van der Waals surface area contributed by atoms with Crippen molar-refractivity contribution in [2.45, 2.75) is 13.8 Å². The van der Waals surface area contributed by atoms with Crippen LogP contribution < -0.4 is 4.74 Å². The highest BCUT2D eigenvalue weighted by Crippen LogP contribution is 2.27. The predicted octanol–water partition coefficient (Wildman–Crippen LogP) is 2.45. The van der Waals surface area contributed by atoms with Crippen LogP contribution in [-0.4, -0.2) is 22.6 Å². The maximum Gasteiger partial charge on any atom is 0.328 e. The Morgan fingerprint density at radius 3 is 2.74 bits per heavy atom. The molecular formula is C12H12FNO5. The number of benzene rings is 1. The fraction of sp³-hybridized carbons (Fsp3) is 0.250. The molecule has 6 nitrogen and oxygen atoms in total. The van der Waals surface area contributed by atoms with Crippen molar-refractivity contribution in [2.75, 3.05) is 6.61 Å². The molecule has 0 aromatic heterocycles. The van der Waals surface area contributed by atoms with Crippen LogP contribution in [0.15, 0.2) is 23.8 Å². The lowest BCUT2D eigenvalue weighted by Gasteiger charge is -2.08. The zero-order valence-electron chi connectivity index (χ0n) is 10.3. The number of hydrogen-bond donors (Lipinski definition) is 1. The van der Waals surface area contributed by atoms with E-state index in [4.69, 9.17) is 9.84 Å². The highest BCUT2D eigenvalue weighted by atomic mass is 19.1. The molecule has 0 radical (unpaired) electrons. The summed E-state index contributed by atoms with van der Waals surface area (Å²) in [6, 6.07) is 1.99. The number of nitro benzene ring substituents is 1. The van der Waals surface area contributed by atoms with Gasteiger partial charge in [0.25, 0.3) is 5.69 Å². The zero-order chi connectivity index (χ0) is 14.6. The topological polar surface area (TPSA) is 89.7 Å². The van der Waals surface area contributed by atoms with Crippen molar-refractivity contribution in [1.29, 1.82) is 0 Å². The number of aryl methyl sites for hydroxylation is 1. The van der Waals surface area contributed by atoms with Gasteiger partial charge in [0, 0.05) is 11.6 Å². The van der Waals surface area contributed by atoms with Crippen LogP contribution in [0.5, 0.6) is 5.75 Å². The lowest BCUT2D eigenvalue weighted by Crippen LogP contribution is -2.04. The van der Waals surface area contributed by atoms with Gasteiger partial charge in [-0.2, -0.15) is 0 Å². The molecule has 0 saturated heterocycles. The Morgan fingerprint density at radius 1 is 1.58 bits per heavy atom. The largest absolute Gasteiger partial charge is 0.486 e. The molecule has 102 valence electrons. The number of aliphatic carboxylic acids is 1. The molecule has 0 bridgehead atoms. The first-order chi connectivity index (χ1) is 8.81. The minimum atomic E-state index is -1.12. The average Bonchev–Trinajstić information content (AvgIpc) is 2.28. The molecule has 0 spiro atoms. The summed E-state index contributed by atoms with van der Waals surface area (Å²) >= 11 is 0. The van der Waals surface area contributed by atoms with Gasteiger partial charge in [0.15, 0.2) is 11.6 Å². The molecule has 0 heterocycles. The van der Waals surface area contributed by atoms with Crippen LogP contribution >= 0.6 is 0 Å². The molecule has 0 aliphatic carbocycles. The second kappa shape index (κ2) is 5.94. The molecule has 19 heavy (non-hydrogen) atoms. The number of halogens is 1. The zero-order valence-corrected chi connectivity index (χ0v) is 10.3. The first-order valence-corrected chi connectivity index (χ1v) is 5.28. The first kappa shape index (κ1) is 14.6. The van der Waals surface area contributed by atoms with E-state index < -0.39 is 16.7 Å². The Bertz CT molecular complexity index is 553. The van der Waals surface area contributed by atoms with E-state index in [0.717, 1.165) is 12.1 Å². The first-order valence-electron chi connectivity index (χ1n) is 5.28. The van der Waals surface area contributed by atoms with E-state index in [1.807, 2.05) is 0 Å². The molecule has 0 saturated carbocycles. The summed E-state index contributed by atoms with van der Waals surface area (Å²) in [5, 5.41) is 19.1. The third-order valence-corrected chi connectivity index (χ3v) is 2.27. The Morgan fingerprint density at radius 2 is 2.21 bits per heavy atom. The second-order valence-corrected chi connectivity index (χ2v) is 3.94. The molecule has 0 unspecified atom stereocenters. The van der Waals surface area contributed by atoms with Crippen LogP contribution in [0.1, 0.15) is 12.5 Å². The van der Waals surface area contributed by atoms with Gasteiger partial charge in [-0.3, -0.25) is 10.1 Å². The number of ether oxygens (including phenoxy) is 1. The van der Waals surface area contributed by atoms with Gasteiger partial charge in [-0.15, -0.1) is 0 Å². The van der Waals surface area contributed by atoms with E-state index >= 15 is 0 Å². The average molecular weight is 269 g/mol. The van der Waals surface area contributed by atoms with E-state index in [0.29, 0.717) is 5.57 Å². The maximum absolute atomic E-state index is 13.5. The molecule has 0 fully saturated rings. The standard InChI is InChI=1S/C12H12FNO5/c1-7(3-12(15)16)6-19-11-4-8(2)10(14(17)18)5-9(11)13/h3-5H,6H2,1-2H3,(H,15,16)/b7-3-. The monoisotopic (exact) mass is 269 g/mol. The minimum Gasteiger partial charge on any atom is -0.486 e. The van der Waals surface area contributed by atoms with E-state index in [9.17, 15) is 19.3 Å². The number of rotatable bonds is 5. The maximum atomic E-state index is 13.5. The molecule has 1 N–H and O–H groups in total. The Balaban J connectivity index is 2.89. The molecule has 0 atom stereocenters. The summed E-state index contributed by atoms with van der Waals surface area (Å²) in [4.78, 5) is 20.3. The number of carboxylic acid groups (broad SMARTS) is 1. The molecule has 1 rings (SSSR count). The Hall–Kier alpha value is -2.44. The number of carbonyl (C=O) groups is 1. The minimum absolute atomic E-state index is 0.111. The van der Waals surface area contributed by atoms with Gasteiger partial charge in [0.1, 0.15) is 6.61 Å². The summed E-state index contributed by atoms with van der Waals surface area (Å²) in [6.07, 6.45) is 0.941. The third-order valence-electron chi connectivity index (χ3n) is 2.27. The lowest BCUT2D eigenvalue weighted by atomic mass is 10.2. The number of nitrogens with zero attached hydrogens (tertiary/aromatic N) is 1. The van der Waals surface area contributed by atoms with Crippen LogP contribution in [0.4, 0.5) is 10.1 Å². The van der Waals surface area contributed by atoms with Crippen LogP contribution in [0.2, 0.25) is 0 Å². The van der Waals surface area contributed by atoms with Crippen molar-refractivity contribution in [3.8, 4) is 5.75 Å². The van der Waals surface area contributed by atoms with E-state index in [-0.39, 0.29) is 23.6 Å². The van der Waals surface area contributed by atoms with Crippen LogP contribution in [-0.2, 0) is 4.79 Å². The van der Waals surface area contributed by atoms with Gasteiger partial charge in [-0.1, -0.05) is 0 Å².